The van der Waals surface area contributed by atoms with Gasteiger partial charge in [-0.25, -0.2) is 4.79 Å². The summed E-state index contributed by atoms with van der Waals surface area (Å²) in [5, 5.41) is 10.0. The third-order valence-corrected chi connectivity index (χ3v) is 2.89. The van der Waals surface area contributed by atoms with Crippen molar-refractivity contribution >= 4 is 22.6 Å². The van der Waals surface area contributed by atoms with Crippen LogP contribution in [-0.2, 0) is 4.79 Å². The smallest absolute Gasteiger partial charge is 0.326 e. The molecule has 1 unspecified atom stereocenters. The topological polar surface area (TPSA) is 56.3 Å². The highest BCUT2D eigenvalue weighted by Gasteiger charge is 2.19. The fourth-order valence-electron chi connectivity index (χ4n) is 1.72. The number of hydrogen-bond acceptors (Lipinski definition) is 2. The average Bonchev–Trinajstić information content (AvgIpc) is 2.70. The van der Waals surface area contributed by atoms with Gasteiger partial charge in [0.1, 0.15) is 6.04 Å². The first kappa shape index (κ1) is 10.5. The highest BCUT2D eigenvalue weighted by Crippen LogP contribution is 2.26. The Hall–Kier alpha value is -1.97. The lowest BCUT2D eigenvalue weighted by Crippen LogP contribution is -2.35. The van der Waals surface area contributed by atoms with Gasteiger partial charge in [0.25, 0.3) is 0 Å². The van der Waals surface area contributed by atoms with Gasteiger partial charge in [0.15, 0.2) is 0 Å². The number of carbonyl (C=O) groups is 1. The molecule has 0 aliphatic heterocycles. The van der Waals surface area contributed by atoms with Crippen molar-refractivity contribution < 1.29 is 9.90 Å². The molecule has 2 rings (SSSR count). The van der Waals surface area contributed by atoms with Crippen LogP contribution in [0.4, 0.5) is 5.69 Å². The fraction of sp³-hybridized carbons (Fsp3) is 0.250. The van der Waals surface area contributed by atoms with Crippen LogP contribution >= 0.6 is 0 Å². The van der Waals surface area contributed by atoms with Gasteiger partial charge in [0, 0.05) is 24.1 Å². The molecule has 0 bridgehead atoms. The predicted molar refractivity (Wildman–Crippen MR) is 63.8 cm³/mol. The van der Waals surface area contributed by atoms with Gasteiger partial charge in [-0.3, -0.25) is 0 Å². The van der Waals surface area contributed by atoms with Crippen LogP contribution in [0.15, 0.2) is 30.5 Å². The number of carboxylic acids is 1. The minimum absolute atomic E-state index is 0.542. The van der Waals surface area contributed by atoms with Crippen LogP contribution in [0, 0.1) is 0 Å². The van der Waals surface area contributed by atoms with Crippen molar-refractivity contribution in [2.75, 3.05) is 11.9 Å². The van der Waals surface area contributed by atoms with Gasteiger partial charge >= 0.3 is 5.97 Å². The van der Waals surface area contributed by atoms with Crippen LogP contribution < -0.4 is 4.90 Å². The number of aromatic amines is 1. The summed E-state index contributed by atoms with van der Waals surface area (Å²) in [7, 11) is 1.79. The number of benzene rings is 1. The van der Waals surface area contributed by atoms with Gasteiger partial charge in [-0.05, 0) is 13.0 Å². The maximum atomic E-state index is 10.9. The lowest BCUT2D eigenvalue weighted by Gasteiger charge is -2.22. The van der Waals surface area contributed by atoms with Crippen molar-refractivity contribution in [3.8, 4) is 0 Å². The number of carboxylic acid groups (broad SMARTS) is 1. The first-order valence-corrected chi connectivity index (χ1v) is 5.13. The van der Waals surface area contributed by atoms with E-state index in [1.54, 1.807) is 18.9 Å². The number of anilines is 1. The Morgan fingerprint density at radius 2 is 2.12 bits per heavy atom. The van der Waals surface area contributed by atoms with Crippen molar-refractivity contribution in [3.63, 3.8) is 0 Å². The zero-order chi connectivity index (χ0) is 11.7. The first-order valence-electron chi connectivity index (χ1n) is 5.13. The zero-order valence-electron chi connectivity index (χ0n) is 9.27. The van der Waals surface area contributed by atoms with Crippen molar-refractivity contribution in [2.45, 2.75) is 13.0 Å². The largest absolute Gasteiger partial charge is 0.480 e. The molecular weight excluding hydrogens is 204 g/mol. The van der Waals surface area contributed by atoms with E-state index in [0.717, 1.165) is 16.6 Å². The Labute approximate surface area is 93.5 Å². The quantitative estimate of drug-likeness (QED) is 0.829. The van der Waals surface area contributed by atoms with E-state index in [9.17, 15) is 4.79 Å². The molecule has 84 valence electrons. The van der Waals surface area contributed by atoms with Crippen molar-refractivity contribution in [2.24, 2.45) is 0 Å². The fourth-order valence-corrected chi connectivity index (χ4v) is 1.72. The van der Waals surface area contributed by atoms with E-state index in [-0.39, 0.29) is 0 Å². The van der Waals surface area contributed by atoms with E-state index in [2.05, 4.69) is 4.98 Å². The molecule has 0 fully saturated rings. The molecule has 1 aromatic carbocycles. The van der Waals surface area contributed by atoms with Gasteiger partial charge < -0.3 is 15.0 Å². The molecule has 1 atom stereocenters. The molecule has 4 heteroatoms. The van der Waals surface area contributed by atoms with E-state index in [0.29, 0.717) is 0 Å². The Kier molecular flexibility index (Phi) is 2.56. The number of likely N-dealkylation sites (N-methyl/N-ethyl adjacent to an activating group) is 1. The molecule has 0 aliphatic rings. The number of nitrogens with zero attached hydrogens (tertiary/aromatic N) is 1. The number of para-hydroxylation sites is 1. The lowest BCUT2D eigenvalue weighted by molar-refractivity contribution is -0.138. The number of fused-ring (bicyclic) bond motifs is 1. The summed E-state index contributed by atoms with van der Waals surface area (Å²) in [6, 6.07) is 7.30. The third-order valence-electron chi connectivity index (χ3n) is 2.89. The maximum Gasteiger partial charge on any atom is 0.326 e. The summed E-state index contributed by atoms with van der Waals surface area (Å²) in [6.45, 7) is 1.67. The molecule has 16 heavy (non-hydrogen) atoms. The average molecular weight is 218 g/mol. The van der Waals surface area contributed by atoms with Crippen LogP contribution in [0.3, 0.4) is 0 Å². The summed E-state index contributed by atoms with van der Waals surface area (Å²) in [5.74, 6) is -0.826. The molecule has 0 aliphatic carbocycles. The predicted octanol–water partition coefficient (Wildman–Crippen LogP) is 2.08. The van der Waals surface area contributed by atoms with Crippen LogP contribution in [0.1, 0.15) is 6.92 Å². The molecule has 0 saturated heterocycles. The van der Waals surface area contributed by atoms with Crippen molar-refractivity contribution in [1.29, 1.82) is 0 Å². The second-order valence-corrected chi connectivity index (χ2v) is 3.84. The third kappa shape index (κ3) is 1.62. The summed E-state index contributed by atoms with van der Waals surface area (Å²) < 4.78 is 0. The van der Waals surface area contributed by atoms with Gasteiger partial charge in [-0.1, -0.05) is 18.2 Å². The highest BCUT2D eigenvalue weighted by molar-refractivity contribution is 5.94. The number of nitrogens with one attached hydrogen (secondary N) is 1. The number of rotatable bonds is 3. The van der Waals surface area contributed by atoms with E-state index in [1.807, 2.05) is 30.5 Å². The molecule has 0 radical (unpaired) electrons. The highest BCUT2D eigenvalue weighted by atomic mass is 16.4. The minimum Gasteiger partial charge on any atom is -0.480 e. The van der Waals surface area contributed by atoms with E-state index < -0.39 is 12.0 Å². The Morgan fingerprint density at radius 3 is 2.81 bits per heavy atom. The second kappa shape index (κ2) is 3.89. The maximum absolute atomic E-state index is 10.9. The summed E-state index contributed by atoms with van der Waals surface area (Å²) in [6.07, 6.45) is 1.84. The Morgan fingerprint density at radius 1 is 1.44 bits per heavy atom. The number of aromatic nitrogens is 1. The molecule has 0 saturated carbocycles. The SMILES string of the molecule is CC(C(=O)O)N(C)c1c[nH]c2ccccc12. The second-order valence-electron chi connectivity index (χ2n) is 3.84. The van der Waals surface area contributed by atoms with Crippen LogP contribution in [0.2, 0.25) is 0 Å². The Balaban J connectivity index is 2.44. The molecule has 0 spiro atoms. The van der Waals surface area contributed by atoms with Gasteiger partial charge in [-0.2, -0.15) is 0 Å². The molecule has 0 amide bonds. The molecular formula is C12H14N2O2. The van der Waals surface area contributed by atoms with Gasteiger partial charge in [0.05, 0.1) is 5.69 Å². The zero-order valence-corrected chi connectivity index (χ0v) is 9.27. The van der Waals surface area contributed by atoms with Gasteiger partial charge in [-0.15, -0.1) is 0 Å². The molecule has 2 N–H and O–H groups in total. The number of hydrogen-bond donors (Lipinski definition) is 2. The van der Waals surface area contributed by atoms with Crippen LogP contribution in [-0.4, -0.2) is 29.1 Å². The standard InChI is InChI=1S/C12H14N2O2/c1-8(12(15)16)14(2)11-7-13-10-6-4-3-5-9(10)11/h3-8,13H,1-2H3,(H,15,16). The van der Waals surface area contributed by atoms with E-state index in [1.165, 1.54) is 0 Å². The lowest BCUT2D eigenvalue weighted by atomic mass is 10.2. The minimum atomic E-state index is -0.826. The normalized spacial score (nSPS) is 12.6. The van der Waals surface area contributed by atoms with E-state index >= 15 is 0 Å². The Bertz CT molecular complexity index is 518. The summed E-state index contributed by atoms with van der Waals surface area (Å²) in [5.41, 5.74) is 1.92. The van der Waals surface area contributed by atoms with Crippen molar-refractivity contribution in [3.05, 3.63) is 30.5 Å². The number of H-pyrrole nitrogens is 1. The molecule has 4 nitrogen and oxygen atoms in total. The first-order chi connectivity index (χ1) is 7.61. The summed E-state index contributed by atoms with van der Waals surface area (Å²) >= 11 is 0. The molecule has 1 heterocycles. The van der Waals surface area contributed by atoms with Crippen LogP contribution in [0.25, 0.3) is 10.9 Å². The van der Waals surface area contributed by atoms with E-state index in [4.69, 9.17) is 5.11 Å². The molecule has 1 aromatic heterocycles. The monoisotopic (exact) mass is 218 g/mol. The van der Waals surface area contributed by atoms with Crippen LogP contribution in [0.5, 0.6) is 0 Å². The number of aliphatic carboxylic acids is 1. The van der Waals surface area contributed by atoms with Crippen molar-refractivity contribution in [1.82, 2.24) is 4.98 Å². The summed E-state index contributed by atoms with van der Waals surface area (Å²) in [4.78, 5) is 15.8. The van der Waals surface area contributed by atoms with Gasteiger partial charge in [0.2, 0.25) is 0 Å². The molecule has 2 aromatic rings.